The van der Waals surface area contributed by atoms with Gasteiger partial charge in [0, 0.05) is 22.3 Å². The number of carbonyl (C=O) groups is 1. The summed E-state index contributed by atoms with van der Waals surface area (Å²) < 4.78 is 40.3. The van der Waals surface area contributed by atoms with E-state index in [4.69, 9.17) is 11.6 Å². The Labute approximate surface area is 186 Å². The van der Waals surface area contributed by atoms with E-state index in [1.807, 2.05) is 0 Å². The highest BCUT2D eigenvalue weighted by atomic mass is 35.5. The third-order valence-electron chi connectivity index (χ3n) is 4.77. The lowest BCUT2D eigenvalue weighted by Crippen LogP contribution is -2.13. The number of aromatic nitrogens is 4. The van der Waals surface area contributed by atoms with Crippen molar-refractivity contribution < 1.29 is 18.0 Å². The van der Waals surface area contributed by atoms with Gasteiger partial charge in [-0.1, -0.05) is 35.9 Å². The molecule has 0 fully saturated rings. The zero-order chi connectivity index (χ0) is 22.9. The number of rotatable bonds is 5. The standard InChI is InChI=1S/C22H17ClF3N5O/c1-13-9-20(30-31(13)12-14-3-2-4-16(10-14)22(24,25)26)27-21(32)19-11-18(28-29-19)15-5-7-17(23)8-6-15/h2-11H,12H2,1H3,(H,28,29)(H,27,30,32). The number of halogens is 4. The van der Waals surface area contributed by atoms with E-state index in [1.54, 1.807) is 49.4 Å². The molecular formula is C22H17ClF3N5O. The number of amides is 1. The molecule has 2 heterocycles. The van der Waals surface area contributed by atoms with Gasteiger partial charge in [-0.25, -0.2) is 0 Å². The van der Waals surface area contributed by atoms with Crippen LogP contribution in [0.1, 0.15) is 27.3 Å². The average molecular weight is 460 g/mol. The summed E-state index contributed by atoms with van der Waals surface area (Å²) in [4.78, 5) is 12.6. The molecule has 0 aliphatic carbocycles. The van der Waals surface area contributed by atoms with Crippen LogP contribution in [-0.4, -0.2) is 25.9 Å². The lowest BCUT2D eigenvalue weighted by atomic mass is 10.1. The smallest absolute Gasteiger partial charge is 0.304 e. The van der Waals surface area contributed by atoms with Crippen molar-refractivity contribution >= 4 is 23.3 Å². The van der Waals surface area contributed by atoms with Crippen molar-refractivity contribution in [3.8, 4) is 11.3 Å². The maximum atomic E-state index is 12.9. The van der Waals surface area contributed by atoms with Gasteiger partial charge in [-0.2, -0.15) is 23.4 Å². The molecule has 0 spiro atoms. The fourth-order valence-electron chi connectivity index (χ4n) is 3.14. The van der Waals surface area contributed by atoms with E-state index in [2.05, 4.69) is 20.6 Å². The van der Waals surface area contributed by atoms with Gasteiger partial charge in [-0.15, -0.1) is 0 Å². The van der Waals surface area contributed by atoms with Gasteiger partial charge < -0.3 is 5.32 Å². The first-order valence-corrected chi connectivity index (χ1v) is 9.90. The summed E-state index contributed by atoms with van der Waals surface area (Å²) >= 11 is 5.89. The maximum Gasteiger partial charge on any atom is 0.416 e. The molecule has 10 heteroatoms. The van der Waals surface area contributed by atoms with Gasteiger partial charge in [0.2, 0.25) is 0 Å². The summed E-state index contributed by atoms with van der Waals surface area (Å²) in [5.74, 6) is -0.163. The highest BCUT2D eigenvalue weighted by Crippen LogP contribution is 2.29. The molecular weight excluding hydrogens is 443 g/mol. The quantitative estimate of drug-likeness (QED) is 0.410. The SMILES string of the molecule is Cc1cc(NC(=O)c2cc(-c3ccc(Cl)cc3)n[nH]2)nn1Cc1cccc(C(F)(F)F)c1. The van der Waals surface area contributed by atoms with E-state index in [9.17, 15) is 18.0 Å². The number of aromatic amines is 1. The molecule has 1 amide bonds. The Hall–Kier alpha value is -3.59. The van der Waals surface area contributed by atoms with Crippen LogP contribution in [0.25, 0.3) is 11.3 Å². The molecule has 0 atom stereocenters. The maximum absolute atomic E-state index is 12.9. The molecule has 4 rings (SSSR count). The van der Waals surface area contributed by atoms with Crippen LogP contribution in [0.4, 0.5) is 19.0 Å². The van der Waals surface area contributed by atoms with Crippen molar-refractivity contribution in [1.29, 1.82) is 0 Å². The van der Waals surface area contributed by atoms with E-state index in [-0.39, 0.29) is 18.1 Å². The summed E-state index contributed by atoms with van der Waals surface area (Å²) in [6, 6.07) is 15.3. The fourth-order valence-corrected chi connectivity index (χ4v) is 3.27. The largest absolute Gasteiger partial charge is 0.416 e. The number of alkyl halides is 3. The summed E-state index contributed by atoms with van der Waals surface area (Å²) in [7, 11) is 0. The molecule has 0 aliphatic heterocycles. The van der Waals surface area contributed by atoms with Crippen molar-refractivity contribution in [1.82, 2.24) is 20.0 Å². The Morgan fingerprint density at radius 3 is 2.59 bits per heavy atom. The molecule has 0 saturated carbocycles. The second-order valence-corrected chi connectivity index (χ2v) is 7.59. The molecule has 4 aromatic rings. The average Bonchev–Trinajstić information content (AvgIpc) is 3.36. The summed E-state index contributed by atoms with van der Waals surface area (Å²) in [5, 5.41) is 14.4. The Balaban J connectivity index is 1.47. The number of nitrogens with zero attached hydrogens (tertiary/aromatic N) is 3. The Kier molecular flexibility index (Phi) is 5.75. The van der Waals surface area contributed by atoms with Crippen LogP contribution in [0, 0.1) is 6.92 Å². The number of benzene rings is 2. The zero-order valence-corrected chi connectivity index (χ0v) is 17.5. The molecule has 6 nitrogen and oxygen atoms in total. The molecule has 0 bridgehead atoms. The number of H-pyrrole nitrogens is 1. The van der Waals surface area contributed by atoms with Crippen LogP contribution in [0.2, 0.25) is 5.02 Å². The van der Waals surface area contributed by atoms with Gasteiger partial charge in [0.05, 0.1) is 17.8 Å². The topological polar surface area (TPSA) is 75.6 Å². The predicted octanol–water partition coefficient (Wildman–Crippen LogP) is 5.55. The minimum Gasteiger partial charge on any atom is -0.304 e. The molecule has 2 aromatic carbocycles. The van der Waals surface area contributed by atoms with Crippen LogP contribution in [0.15, 0.2) is 60.7 Å². The van der Waals surface area contributed by atoms with Crippen LogP contribution in [0.3, 0.4) is 0 Å². The molecule has 0 saturated heterocycles. The van der Waals surface area contributed by atoms with Gasteiger partial charge in [0.15, 0.2) is 5.82 Å². The van der Waals surface area contributed by atoms with E-state index < -0.39 is 17.6 Å². The van der Waals surface area contributed by atoms with Gasteiger partial charge in [-0.05, 0) is 42.8 Å². The summed E-state index contributed by atoms with van der Waals surface area (Å²) in [6.07, 6.45) is -4.41. The van der Waals surface area contributed by atoms with Gasteiger partial charge in [0.1, 0.15) is 5.69 Å². The van der Waals surface area contributed by atoms with Crippen LogP contribution < -0.4 is 5.32 Å². The van der Waals surface area contributed by atoms with Crippen LogP contribution >= 0.6 is 11.6 Å². The first-order valence-electron chi connectivity index (χ1n) is 9.52. The normalized spacial score (nSPS) is 11.5. The second-order valence-electron chi connectivity index (χ2n) is 7.15. The van der Waals surface area contributed by atoms with E-state index in [0.717, 1.165) is 17.7 Å². The number of nitrogens with one attached hydrogen (secondary N) is 2. The third-order valence-corrected chi connectivity index (χ3v) is 5.02. The lowest BCUT2D eigenvalue weighted by molar-refractivity contribution is -0.137. The highest BCUT2D eigenvalue weighted by Gasteiger charge is 2.30. The highest BCUT2D eigenvalue weighted by molar-refractivity contribution is 6.30. The third kappa shape index (κ3) is 4.83. The van der Waals surface area contributed by atoms with E-state index in [0.29, 0.717) is 22.0 Å². The van der Waals surface area contributed by atoms with Crippen molar-refractivity contribution in [3.63, 3.8) is 0 Å². The molecule has 2 aromatic heterocycles. The van der Waals surface area contributed by atoms with Crippen LogP contribution in [-0.2, 0) is 12.7 Å². The first-order chi connectivity index (χ1) is 15.2. The number of carbonyl (C=O) groups excluding carboxylic acids is 1. The van der Waals surface area contributed by atoms with Gasteiger partial charge >= 0.3 is 6.18 Å². The van der Waals surface area contributed by atoms with Crippen molar-refractivity contribution in [3.05, 3.63) is 88.2 Å². The van der Waals surface area contributed by atoms with Crippen molar-refractivity contribution in [2.75, 3.05) is 5.32 Å². The minimum absolute atomic E-state index is 0.135. The molecule has 0 aliphatic rings. The monoisotopic (exact) mass is 459 g/mol. The predicted molar refractivity (Wildman–Crippen MR) is 114 cm³/mol. The molecule has 2 N–H and O–H groups in total. The molecule has 32 heavy (non-hydrogen) atoms. The Morgan fingerprint density at radius 2 is 1.88 bits per heavy atom. The van der Waals surface area contributed by atoms with Crippen LogP contribution in [0.5, 0.6) is 0 Å². The summed E-state index contributed by atoms with van der Waals surface area (Å²) in [5.41, 5.74) is 2.03. The first kappa shape index (κ1) is 21.6. The van der Waals surface area contributed by atoms with E-state index >= 15 is 0 Å². The number of hydrogen-bond acceptors (Lipinski definition) is 3. The number of anilines is 1. The minimum atomic E-state index is -4.41. The molecule has 0 unspecified atom stereocenters. The Bertz CT molecular complexity index is 1260. The molecule has 164 valence electrons. The summed E-state index contributed by atoms with van der Waals surface area (Å²) in [6.45, 7) is 1.89. The second kappa shape index (κ2) is 8.51. The van der Waals surface area contributed by atoms with Gasteiger partial charge in [-0.3, -0.25) is 14.6 Å². The van der Waals surface area contributed by atoms with E-state index in [1.165, 1.54) is 10.7 Å². The lowest BCUT2D eigenvalue weighted by Gasteiger charge is -2.09. The zero-order valence-electron chi connectivity index (χ0n) is 16.7. The Morgan fingerprint density at radius 1 is 1.12 bits per heavy atom. The number of hydrogen-bond donors (Lipinski definition) is 2. The molecule has 0 radical (unpaired) electrons. The van der Waals surface area contributed by atoms with Crippen molar-refractivity contribution in [2.24, 2.45) is 0 Å². The van der Waals surface area contributed by atoms with Gasteiger partial charge in [0.25, 0.3) is 5.91 Å². The fraction of sp³-hybridized carbons (Fsp3) is 0.136. The number of aryl methyl sites for hydroxylation is 1. The van der Waals surface area contributed by atoms with Crippen molar-refractivity contribution in [2.45, 2.75) is 19.6 Å².